The fraction of sp³-hybridized carbons (Fsp3) is 0.889. The van der Waals surface area contributed by atoms with Crippen LogP contribution in [0, 0.1) is 0 Å². The number of hydrogen-bond donors (Lipinski definition) is 4. The van der Waals surface area contributed by atoms with Gasteiger partial charge in [0.1, 0.15) is 0 Å². The summed E-state index contributed by atoms with van der Waals surface area (Å²) in [6.07, 6.45) is 2.17. The highest BCUT2D eigenvalue weighted by atomic mass is 15.2. The van der Waals surface area contributed by atoms with Crippen LogP contribution in [0.1, 0.15) is 12.8 Å². The van der Waals surface area contributed by atoms with Crippen LogP contribution in [0.2, 0.25) is 0 Å². The van der Waals surface area contributed by atoms with E-state index in [0.717, 1.165) is 58.1 Å². The van der Waals surface area contributed by atoms with Crippen molar-refractivity contribution in [2.75, 3.05) is 39.3 Å². The van der Waals surface area contributed by atoms with Gasteiger partial charge in [-0.3, -0.25) is 4.99 Å². The van der Waals surface area contributed by atoms with E-state index in [1.165, 1.54) is 0 Å². The Morgan fingerprint density at radius 1 is 1.29 bits per heavy atom. The number of guanidine groups is 1. The molecule has 0 bridgehead atoms. The third-order valence-corrected chi connectivity index (χ3v) is 2.05. The maximum Gasteiger partial charge on any atom is 0.191 e. The lowest BCUT2D eigenvalue weighted by molar-refractivity contribution is 0.619. The van der Waals surface area contributed by atoms with Gasteiger partial charge < -0.3 is 21.7 Å². The molecule has 5 nitrogen and oxygen atoms in total. The van der Waals surface area contributed by atoms with Crippen molar-refractivity contribution in [3.05, 3.63) is 0 Å². The lowest BCUT2D eigenvalue weighted by atomic mass is 10.4. The lowest BCUT2D eigenvalue weighted by Gasteiger charge is -2.06. The first-order chi connectivity index (χ1) is 6.93. The maximum absolute atomic E-state index is 5.38. The third-order valence-electron chi connectivity index (χ3n) is 2.05. The van der Waals surface area contributed by atoms with Gasteiger partial charge in [0, 0.05) is 13.1 Å². The highest BCUT2D eigenvalue weighted by molar-refractivity contribution is 5.81. The normalized spacial score (nSPS) is 15.1. The molecule has 0 saturated heterocycles. The Morgan fingerprint density at radius 3 is 2.86 bits per heavy atom. The van der Waals surface area contributed by atoms with Gasteiger partial charge in [0.05, 0.1) is 6.54 Å². The lowest BCUT2D eigenvalue weighted by Crippen LogP contribution is -2.35. The summed E-state index contributed by atoms with van der Waals surface area (Å²) >= 11 is 0. The molecule has 1 aliphatic rings. The fourth-order valence-electron chi connectivity index (χ4n) is 1.29. The number of rotatable bonds is 7. The van der Waals surface area contributed by atoms with Crippen LogP contribution in [0.15, 0.2) is 4.99 Å². The Morgan fingerprint density at radius 2 is 2.14 bits per heavy atom. The number of nitrogens with one attached hydrogen (secondary N) is 3. The van der Waals surface area contributed by atoms with E-state index in [4.69, 9.17) is 5.73 Å². The van der Waals surface area contributed by atoms with Crippen LogP contribution in [0.25, 0.3) is 0 Å². The van der Waals surface area contributed by atoms with Crippen LogP contribution in [-0.2, 0) is 0 Å². The number of aliphatic imine (C=N–C) groups is 1. The first-order valence-corrected chi connectivity index (χ1v) is 5.36. The molecule has 0 saturated carbocycles. The topological polar surface area (TPSA) is 74.5 Å². The molecule has 5 N–H and O–H groups in total. The summed E-state index contributed by atoms with van der Waals surface area (Å²) < 4.78 is 0. The number of hydrogen-bond acceptors (Lipinski definition) is 5. The van der Waals surface area contributed by atoms with Gasteiger partial charge in [0.25, 0.3) is 0 Å². The molecule has 0 atom stereocenters. The second-order valence-corrected chi connectivity index (χ2v) is 3.33. The molecule has 1 rings (SSSR count). The Balaban J connectivity index is 1.80. The predicted octanol–water partition coefficient (Wildman–Crippen LogP) is -1.14. The van der Waals surface area contributed by atoms with E-state index in [-0.39, 0.29) is 0 Å². The zero-order valence-electron chi connectivity index (χ0n) is 8.68. The van der Waals surface area contributed by atoms with Gasteiger partial charge in [0.2, 0.25) is 0 Å². The highest BCUT2D eigenvalue weighted by Crippen LogP contribution is 1.82. The Labute approximate surface area is 85.5 Å². The van der Waals surface area contributed by atoms with Crippen molar-refractivity contribution in [3.8, 4) is 0 Å². The molecule has 0 aromatic heterocycles. The number of nitrogens with zero attached hydrogens (tertiary/aromatic N) is 1. The quantitative estimate of drug-likeness (QED) is 0.391. The summed E-state index contributed by atoms with van der Waals surface area (Å²) in [6, 6.07) is 0. The fourth-order valence-corrected chi connectivity index (χ4v) is 1.29. The van der Waals surface area contributed by atoms with E-state index in [0.29, 0.717) is 0 Å². The van der Waals surface area contributed by atoms with Crippen molar-refractivity contribution in [2.24, 2.45) is 10.7 Å². The van der Waals surface area contributed by atoms with E-state index in [2.05, 4.69) is 20.9 Å². The summed E-state index contributed by atoms with van der Waals surface area (Å²) in [5, 5.41) is 9.75. The SMILES string of the molecule is NCCCNCCCNC1=NCCN1. The van der Waals surface area contributed by atoms with Crippen LogP contribution >= 0.6 is 0 Å². The van der Waals surface area contributed by atoms with Crippen molar-refractivity contribution >= 4 is 5.96 Å². The third kappa shape index (κ3) is 5.04. The van der Waals surface area contributed by atoms with E-state index in [9.17, 15) is 0 Å². The molecule has 14 heavy (non-hydrogen) atoms. The zero-order valence-corrected chi connectivity index (χ0v) is 8.68. The van der Waals surface area contributed by atoms with Crippen molar-refractivity contribution in [1.29, 1.82) is 0 Å². The van der Waals surface area contributed by atoms with Crippen LogP contribution < -0.4 is 21.7 Å². The van der Waals surface area contributed by atoms with Gasteiger partial charge in [0.15, 0.2) is 5.96 Å². The summed E-state index contributed by atoms with van der Waals surface area (Å²) in [4.78, 5) is 4.24. The first-order valence-electron chi connectivity index (χ1n) is 5.36. The molecule has 0 aliphatic carbocycles. The zero-order chi connectivity index (χ0) is 10.1. The Bertz CT molecular complexity index is 169. The predicted molar refractivity (Wildman–Crippen MR) is 59.5 cm³/mol. The van der Waals surface area contributed by atoms with Crippen molar-refractivity contribution in [1.82, 2.24) is 16.0 Å². The molecule has 0 amide bonds. The van der Waals surface area contributed by atoms with Gasteiger partial charge in [-0.05, 0) is 32.5 Å². The van der Waals surface area contributed by atoms with E-state index >= 15 is 0 Å². The van der Waals surface area contributed by atoms with Crippen LogP contribution in [-0.4, -0.2) is 45.2 Å². The summed E-state index contributed by atoms with van der Waals surface area (Å²) in [5.74, 6) is 0.951. The van der Waals surface area contributed by atoms with Gasteiger partial charge in [-0.15, -0.1) is 0 Å². The minimum atomic E-state index is 0.770. The molecule has 0 radical (unpaired) electrons. The molecule has 0 aromatic rings. The van der Waals surface area contributed by atoms with Gasteiger partial charge in [-0.1, -0.05) is 0 Å². The summed E-state index contributed by atoms with van der Waals surface area (Å²) in [7, 11) is 0. The number of nitrogens with two attached hydrogens (primary N) is 1. The average molecular weight is 199 g/mol. The van der Waals surface area contributed by atoms with Crippen molar-refractivity contribution < 1.29 is 0 Å². The Hall–Kier alpha value is -0.810. The molecule has 0 unspecified atom stereocenters. The minimum absolute atomic E-state index is 0.770. The minimum Gasteiger partial charge on any atom is -0.356 e. The van der Waals surface area contributed by atoms with Gasteiger partial charge in [-0.2, -0.15) is 0 Å². The van der Waals surface area contributed by atoms with E-state index in [1.54, 1.807) is 0 Å². The molecule has 1 aliphatic heterocycles. The second-order valence-electron chi connectivity index (χ2n) is 3.33. The molecular weight excluding hydrogens is 178 g/mol. The van der Waals surface area contributed by atoms with Crippen LogP contribution in [0.4, 0.5) is 0 Å². The highest BCUT2D eigenvalue weighted by Gasteiger charge is 2.01. The van der Waals surface area contributed by atoms with Crippen molar-refractivity contribution in [3.63, 3.8) is 0 Å². The molecular formula is C9H21N5. The summed E-state index contributed by atoms with van der Waals surface area (Å²) in [6.45, 7) is 5.68. The standard InChI is InChI=1S/C9H21N5/c10-3-1-4-11-5-2-6-12-9-13-7-8-14-9/h11H,1-8,10H2,(H2,12,13,14). The van der Waals surface area contributed by atoms with Gasteiger partial charge in [-0.25, -0.2) is 0 Å². The largest absolute Gasteiger partial charge is 0.356 e. The molecule has 1 heterocycles. The first kappa shape index (κ1) is 11.3. The maximum atomic E-state index is 5.38. The second kappa shape index (κ2) is 7.58. The monoisotopic (exact) mass is 199 g/mol. The smallest absolute Gasteiger partial charge is 0.191 e. The van der Waals surface area contributed by atoms with Crippen LogP contribution in [0.5, 0.6) is 0 Å². The average Bonchev–Trinajstić information content (AvgIpc) is 2.69. The van der Waals surface area contributed by atoms with E-state index in [1.807, 2.05) is 0 Å². The Kier molecular flexibility index (Phi) is 6.10. The van der Waals surface area contributed by atoms with Crippen molar-refractivity contribution in [2.45, 2.75) is 12.8 Å². The molecule has 0 spiro atoms. The molecule has 0 aromatic carbocycles. The van der Waals surface area contributed by atoms with Crippen LogP contribution in [0.3, 0.4) is 0 Å². The van der Waals surface area contributed by atoms with Gasteiger partial charge >= 0.3 is 0 Å². The molecule has 82 valence electrons. The van der Waals surface area contributed by atoms with E-state index < -0.39 is 0 Å². The summed E-state index contributed by atoms with van der Waals surface area (Å²) in [5.41, 5.74) is 5.38. The molecule has 0 fully saturated rings. The molecule has 5 heteroatoms.